The fraction of sp³-hybridized carbons (Fsp3) is 0.556. The van der Waals surface area contributed by atoms with Crippen molar-refractivity contribution in [2.75, 3.05) is 32.7 Å². The fourth-order valence-corrected chi connectivity index (χ4v) is 1.81. The molecule has 90 valence electrons. The number of thiazole rings is 1. The average molecular weight is 246 g/mol. The van der Waals surface area contributed by atoms with Crippen molar-refractivity contribution < 1.29 is 19.4 Å². The highest BCUT2D eigenvalue weighted by Crippen LogP contribution is 2.19. The second kappa shape index (κ2) is 6.41. The van der Waals surface area contributed by atoms with E-state index in [4.69, 9.17) is 14.6 Å². The van der Waals surface area contributed by atoms with Crippen molar-refractivity contribution in [2.45, 2.75) is 6.10 Å². The van der Waals surface area contributed by atoms with Crippen LogP contribution in [0.3, 0.4) is 0 Å². The van der Waals surface area contributed by atoms with Crippen LogP contribution in [0.15, 0.2) is 5.51 Å². The summed E-state index contributed by atoms with van der Waals surface area (Å²) in [5, 5.41) is 12.3. The lowest BCUT2D eigenvalue weighted by Gasteiger charge is -2.14. The molecule has 0 fully saturated rings. The van der Waals surface area contributed by atoms with Gasteiger partial charge in [0.05, 0.1) is 18.2 Å². The van der Waals surface area contributed by atoms with E-state index in [-0.39, 0.29) is 11.8 Å². The van der Waals surface area contributed by atoms with E-state index in [0.717, 1.165) is 0 Å². The van der Waals surface area contributed by atoms with Crippen molar-refractivity contribution in [3.8, 4) is 0 Å². The van der Waals surface area contributed by atoms with Gasteiger partial charge in [0, 0.05) is 20.8 Å². The summed E-state index contributed by atoms with van der Waals surface area (Å²) < 4.78 is 10.1. The number of carbonyl (C=O) groups is 1. The maximum absolute atomic E-state index is 10.8. The minimum atomic E-state index is -1.04. The summed E-state index contributed by atoms with van der Waals surface area (Å²) in [5.41, 5.74) is 1.53. The Morgan fingerprint density at radius 1 is 1.69 bits per heavy atom. The van der Waals surface area contributed by atoms with E-state index in [1.54, 1.807) is 14.2 Å². The van der Waals surface area contributed by atoms with Crippen LogP contribution in [0.4, 0.5) is 5.00 Å². The molecule has 0 bridgehead atoms. The Balaban J connectivity index is 2.53. The molecule has 0 spiro atoms. The minimum absolute atomic E-state index is 0.0391. The van der Waals surface area contributed by atoms with Gasteiger partial charge < -0.3 is 19.9 Å². The zero-order valence-electron chi connectivity index (χ0n) is 9.10. The summed E-state index contributed by atoms with van der Waals surface area (Å²) in [7, 11) is 3.16. The molecule has 0 aliphatic heterocycles. The Morgan fingerprint density at radius 2 is 2.44 bits per heavy atom. The molecule has 1 rings (SSSR count). The van der Waals surface area contributed by atoms with Crippen molar-refractivity contribution in [1.82, 2.24) is 4.98 Å². The van der Waals surface area contributed by atoms with Crippen LogP contribution in [0.25, 0.3) is 0 Å². The zero-order valence-corrected chi connectivity index (χ0v) is 9.91. The van der Waals surface area contributed by atoms with E-state index in [0.29, 0.717) is 18.2 Å². The van der Waals surface area contributed by atoms with Gasteiger partial charge in [-0.15, -0.1) is 11.3 Å². The highest BCUT2D eigenvalue weighted by atomic mass is 32.1. The van der Waals surface area contributed by atoms with Crippen molar-refractivity contribution in [2.24, 2.45) is 0 Å². The van der Waals surface area contributed by atoms with Crippen LogP contribution in [0.1, 0.15) is 10.5 Å². The molecule has 2 N–H and O–H groups in total. The van der Waals surface area contributed by atoms with E-state index in [9.17, 15) is 4.79 Å². The lowest BCUT2D eigenvalue weighted by Crippen LogP contribution is -2.26. The highest BCUT2D eigenvalue weighted by molar-refractivity contribution is 7.14. The molecule has 0 aliphatic rings. The number of methoxy groups -OCH3 is 2. The maximum Gasteiger partial charge on any atom is 0.357 e. The summed E-state index contributed by atoms with van der Waals surface area (Å²) in [6.07, 6.45) is -0.117. The van der Waals surface area contributed by atoms with Gasteiger partial charge in [-0.25, -0.2) is 9.78 Å². The number of nitrogens with zero attached hydrogens (tertiary/aromatic N) is 1. The number of nitrogens with one attached hydrogen (secondary N) is 1. The van der Waals surface area contributed by atoms with Gasteiger partial charge in [0.1, 0.15) is 5.00 Å². The first-order valence-electron chi connectivity index (χ1n) is 4.61. The van der Waals surface area contributed by atoms with E-state index in [1.807, 2.05) is 0 Å². The molecule has 0 saturated carbocycles. The van der Waals surface area contributed by atoms with Gasteiger partial charge >= 0.3 is 5.97 Å². The third kappa shape index (κ3) is 3.44. The summed E-state index contributed by atoms with van der Waals surface area (Å²) in [5.74, 6) is -1.04. The molecule has 1 atom stereocenters. The zero-order chi connectivity index (χ0) is 12.0. The fourth-order valence-electron chi connectivity index (χ4n) is 1.13. The van der Waals surface area contributed by atoms with Crippen molar-refractivity contribution in [3.05, 3.63) is 11.2 Å². The third-order valence-corrected chi connectivity index (χ3v) is 2.73. The molecule has 1 aromatic rings. The summed E-state index contributed by atoms with van der Waals surface area (Å²) in [6, 6.07) is 0. The molecule has 7 heteroatoms. The standard InChI is InChI=1S/C9H14N2O4S/c1-14-4-6(15-2)3-10-8-7(9(12)13)11-5-16-8/h5-6,10H,3-4H2,1-2H3,(H,12,13). The van der Waals surface area contributed by atoms with Crippen LogP contribution in [0, 0.1) is 0 Å². The van der Waals surface area contributed by atoms with E-state index < -0.39 is 5.97 Å². The lowest BCUT2D eigenvalue weighted by molar-refractivity contribution is 0.0365. The van der Waals surface area contributed by atoms with E-state index in [1.165, 1.54) is 16.8 Å². The Hall–Kier alpha value is -1.18. The molecule has 1 unspecified atom stereocenters. The summed E-state index contributed by atoms with van der Waals surface area (Å²) >= 11 is 1.25. The Labute approximate surface area is 97.2 Å². The van der Waals surface area contributed by atoms with Crippen LogP contribution in [-0.2, 0) is 9.47 Å². The Bertz CT molecular complexity index is 342. The third-order valence-electron chi connectivity index (χ3n) is 1.95. The van der Waals surface area contributed by atoms with Crippen LogP contribution in [0.5, 0.6) is 0 Å². The topological polar surface area (TPSA) is 80.7 Å². The Morgan fingerprint density at radius 3 is 3.00 bits per heavy atom. The van der Waals surface area contributed by atoms with E-state index in [2.05, 4.69) is 10.3 Å². The molecule has 0 radical (unpaired) electrons. The number of ether oxygens (including phenoxy) is 2. The molecule has 6 nitrogen and oxygen atoms in total. The molecule has 0 saturated heterocycles. The predicted octanol–water partition coefficient (Wildman–Crippen LogP) is 0.915. The van der Waals surface area contributed by atoms with Gasteiger partial charge in [0.2, 0.25) is 0 Å². The van der Waals surface area contributed by atoms with E-state index >= 15 is 0 Å². The molecule has 1 aromatic heterocycles. The van der Waals surface area contributed by atoms with Crippen molar-refractivity contribution in [1.29, 1.82) is 0 Å². The van der Waals surface area contributed by atoms with Crippen LogP contribution >= 0.6 is 11.3 Å². The van der Waals surface area contributed by atoms with Gasteiger partial charge in [-0.1, -0.05) is 0 Å². The number of anilines is 1. The number of aromatic nitrogens is 1. The van der Waals surface area contributed by atoms with Gasteiger partial charge in [0.25, 0.3) is 0 Å². The molecule has 0 aliphatic carbocycles. The van der Waals surface area contributed by atoms with Gasteiger partial charge in [-0.3, -0.25) is 0 Å². The smallest absolute Gasteiger partial charge is 0.357 e. The highest BCUT2D eigenvalue weighted by Gasteiger charge is 2.14. The average Bonchev–Trinajstić information content (AvgIpc) is 2.72. The van der Waals surface area contributed by atoms with Gasteiger partial charge in [-0.2, -0.15) is 0 Å². The molecule has 0 aromatic carbocycles. The van der Waals surface area contributed by atoms with Gasteiger partial charge in [-0.05, 0) is 0 Å². The predicted molar refractivity (Wildman–Crippen MR) is 60.2 cm³/mol. The first kappa shape index (κ1) is 12.9. The summed E-state index contributed by atoms with van der Waals surface area (Å²) in [6.45, 7) is 0.928. The normalized spacial score (nSPS) is 12.4. The molecule has 1 heterocycles. The molecule has 0 amide bonds. The van der Waals surface area contributed by atoms with Crippen LogP contribution in [0.2, 0.25) is 0 Å². The molecule has 16 heavy (non-hydrogen) atoms. The minimum Gasteiger partial charge on any atom is -0.476 e. The quantitative estimate of drug-likeness (QED) is 0.744. The van der Waals surface area contributed by atoms with Crippen molar-refractivity contribution in [3.63, 3.8) is 0 Å². The second-order valence-electron chi connectivity index (χ2n) is 3.03. The largest absolute Gasteiger partial charge is 0.476 e. The second-order valence-corrected chi connectivity index (χ2v) is 3.88. The van der Waals surface area contributed by atoms with Crippen molar-refractivity contribution >= 4 is 22.3 Å². The number of rotatable bonds is 7. The first-order valence-corrected chi connectivity index (χ1v) is 5.49. The number of carboxylic acid groups (broad SMARTS) is 1. The summed E-state index contributed by atoms with van der Waals surface area (Å²) in [4.78, 5) is 14.5. The van der Waals surface area contributed by atoms with Crippen LogP contribution in [-0.4, -0.2) is 49.5 Å². The first-order chi connectivity index (χ1) is 7.69. The molecular formula is C9H14N2O4S. The van der Waals surface area contributed by atoms with Crippen LogP contribution < -0.4 is 5.32 Å². The number of hydrogen-bond donors (Lipinski definition) is 2. The SMILES string of the molecule is COCC(CNc1scnc1C(=O)O)OC. The monoisotopic (exact) mass is 246 g/mol. The van der Waals surface area contributed by atoms with Gasteiger partial charge in [0.15, 0.2) is 5.69 Å². The number of aromatic carboxylic acids is 1. The number of hydrogen-bond acceptors (Lipinski definition) is 6. The number of carboxylic acids is 1. The Kier molecular flexibility index (Phi) is 5.17. The molecular weight excluding hydrogens is 232 g/mol. The maximum atomic E-state index is 10.8. The lowest BCUT2D eigenvalue weighted by atomic mass is 10.3.